The second-order valence-electron chi connectivity index (χ2n) is 4.60. The molecule has 1 saturated carbocycles. The Hall–Kier alpha value is -1.32. The molecule has 2 rings (SSSR count). The first-order valence-corrected chi connectivity index (χ1v) is 5.91. The van der Waals surface area contributed by atoms with Gasteiger partial charge in [-0.1, -0.05) is 19.3 Å². The Morgan fingerprint density at radius 2 is 2.19 bits per heavy atom. The van der Waals surface area contributed by atoms with E-state index >= 15 is 0 Å². The van der Waals surface area contributed by atoms with Gasteiger partial charge in [0.15, 0.2) is 0 Å². The average Bonchev–Trinajstić information content (AvgIpc) is 2.54. The average molecular weight is 222 g/mol. The van der Waals surface area contributed by atoms with E-state index in [9.17, 15) is 9.90 Å². The van der Waals surface area contributed by atoms with Gasteiger partial charge in [0.25, 0.3) is 0 Å². The number of hydrogen-bond donors (Lipinski definition) is 1. The van der Waals surface area contributed by atoms with Crippen molar-refractivity contribution < 1.29 is 9.90 Å². The van der Waals surface area contributed by atoms with Gasteiger partial charge in [0.05, 0.1) is 11.6 Å². The summed E-state index contributed by atoms with van der Waals surface area (Å²) in [5, 5.41) is 13.6. The first-order chi connectivity index (χ1) is 7.68. The summed E-state index contributed by atoms with van der Waals surface area (Å²) in [6.45, 7) is 0. The summed E-state index contributed by atoms with van der Waals surface area (Å²) in [6, 6.07) is 1.95. The molecule has 0 saturated heterocycles. The molecule has 1 aliphatic rings. The Kier molecular flexibility index (Phi) is 3.27. The quantitative estimate of drug-likeness (QED) is 0.780. The SMILES string of the molecule is Cn1ccc(C2CCCCCC2C(=O)O)n1. The molecule has 2 atom stereocenters. The number of carbonyl (C=O) groups is 1. The Bertz CT molecular complexity index is 373. The molecule has 0 aliphatic heterocycles. The van der Waals surface area contributed by atoms with Gasteiger partial charge in [-0.2, -0.15) is 5.10 Å². The fourth-order valence-electron chi connectivity index (χ4n) is 2.59. The van der Waals surface area contributed by atoms with E-state index in [0.29, 0.717) is 0 Å². The summed E-state index contributed by atoms with van der Waals surface area (Å²) < 4.78 is 1.75. The number of rotatable bonds is 2. The van der Waals surface area contributed by atoms with Gasteiger partial charge in [0.2, 0.25) is 0 Å². The Labute approximate surface area is 95.3 Å². The number of carboxylic acids is 1. The fraction of sp³-hybridized carbons (Fsp3) is 0.667. The summed E-state index contributed by atoms with van der Waals surface area (Å²) in [5.41, 5.74) is 0.941. The summed E-state index contributed by atoms with van der Waals surface area (Å²) in [5.74, 6) is -0.823. The van der Waals surface area contributed by atoms with Gasteiger partial charge in [0.1, 0.15) is 0 Å². The number of hydrogen-bond acceptors (Lipinski definition) is 2. The van der Waals surface area contributed by atoms with Crippen molar-refractivity contribution in [3.63, 3.8) is 0 Å². The van der Waals surface area contributed by atoms with Crippen LogP contribution in [-0.2, 0) is 11.8 Å². The molecule has 0 bridgehead atoms. The van der Waals surface area contributed by atoms with E-state index in [-0.39, 0.29) is 11.8 Å². The van der Waals surface area contributed by atoms with E-state index in [0.717, 1.165) is 37.8 Å². The van der Waals surface area contributed by atoms with Crippen LogP contribution in [0.15, 0.2) is 12.3 Å². The maximum absolute atomic E-state index is 11.3. The minimum absolute atomic E-state index is 0.0983. The molecule has 1 aromatic heterocycles. The second-order valence-corrected chi connectivity index (χ2v) is 4.60. The molecule has 1 aromatic rings. The van der Waals surface area contributed by atoms with Crippen LogP contribution in [0.2, 0.25) is 0 Å². The predicted molar refractivity (Wildman–Crippen MR) is 60.2 cm³/mol. The van der Waals surface area contributed by atoms with E-state index in [4.69, 9.17) is 0 Å². The van der Waals surface area contributed by atoms with Crippen LogP contribution >= 0.6 is 0 Å². The van der Waals surface area contributed by atoms with E-state index in [1.54, 1.807) is 4.68 Å². The van der Waals surface area contributed by atoms with Crippen LogP contribution in [0.3, 0.4) is 0 Å². The molecule has 88 valence electrons. The third-order valence-electron chi connectivity index (χ3n) is 3.45. The molecule has 0 amide bonds. The first kappa shape index (κ1) is 11.2. The van der Waals surface area contributed by atoms with Crippen molar-refractivity contribution in [2.45, 2.75) is 38.0 Å². The van der Waals surface area contributed by atoms with E-state index in [1.165, 1.54) is 0 Å². The lowest BCUT2D eigenvalue weighted by atomic mass is 9.85. The largest absolute Gasteiger partial charge is 0.481 e. The standard InChI is InChI=1S/C12H18N2O2/c1-14-8-7-11(13-14)9-5-3-2-4-6-10(9)12(15)16/h7-10H,2-6H2,1H3,(H,15,16). The number of aromatic nitrogens is 2. The molecular weight excluding hydrogens is 204 g/mol. The third kappa shape index (κ3) is 2.26. The van der Waals surface area contributed by atoms with Gasteiger partial charge < -0.3 is 5.11 Å². The van der Waals surface area contributed by atoms with Crippen molar-refractivity contribution in [3.8, 4) is 0 Å². The van der Waals surface area contributed by atoms with Gasteiger partial charge in [-0.05, 0) is 18.9 Å². The Balaban J connectivity index is 2.23. The van der Waals surface area contributed by atoms with Crippen LogP contribution in [0.5, 0.6) is 0 Å². The minimum Gasteiger partial charge on any atom is -0.481 e. The van der Waals surface area contributed by atoms with Crippen molar-refractivity contribution in [2.24, 2.45) is 13.0 Å². The zero-order valence-electron chi connectivity index (χ0n) is 9.59. The van der Waals surface area contributed by atoms with E-state index in [2.05, 4.69) is 5.10 Å². The van der Waals surface area contributed by atoms with Gasteiger partial charge in [-0.25, -0.2) is 0 Å². The molecule has 0 spiro atoms. The number of aliphatic carboxylic acids is 1. The highest BCUT2D eigenvalue weighted by atomic mass is 16.4. The van der Waals surface area contributed by atoms with E-state index < -0.39 is 5.97 Å². The number of nitrogens with zero attached hydrogens (tertiary/aromatic N) is 2. The molecule has 1 heterocycles. The third-order valence-corrected chi connectivity index (χ3v) is 3.45. The maximum Gasteiger partial charge on any atom is 0.307 e. The smallest absolute Gasteiger partial charge is 0.307 e. The normalized spacial score (nSPS) is 26.3. The zero-order valence-corrected chi connectivity index (χ0v) is 9.59. The first-order valence-electron chi connectivity index (χ1n) is 5.91. The van der Waals surface area contributed by atoms with Crippen LogP contribution in [0, 0.1) is 5.92 Å². The Morgan fingerprint density at radius 1 is 1.44 bits per heavy atom. The lowest BCUT2D eigenvalue weighted by molar-refractivity contribution is -0.142. The number of carboxylic acid groups (broad SMARTS) is 1. The topological polar surface area (TPSA) is 55.1 Å². The highest BCUT2D eigenvalue weighted by molar-refractivity contribution is 5.71. The molecule has 1 fully saturated rings. The lowest BCUT2D eigenvalue weighted by Gasteiger charge is -2.19. The van der Waals surface area contributed by atoms with Crippen LogP contribution in [0.25, 0.3) is 0 Å². The van der Waals surface area contributed by atoms with Gasteiger partial charge >= 0.3 is 5.97 Å². The summed E-state index contributed by atoms with van der Waals surface area (Å²) in [6.07, 6.45) is 6.92. The molecule has 0 aromatic carbocycles. The van der Waals surface area contributed by atoms with Crippen LogP contribution in [0.4, 0.5) is 0 Å². The van der Waals surface area contributed by atoms with Gasteiger partial charge in [-0.3, -0.25) is 9.48 Å². The van der Waals surface area contributed by atoms with Crippen LogP contribution in [-0.4, -0.2) is 20.9 Å². The highest BCUT2D eigenvalue weighted by Crippen LogP contribution is 2.35. The summed E-state index contributed by atoms with van der Waals surface area (Å²) in [7, 11) is 1.87. The molecule has 4 heteroatoms. The second kappa shape index (κ2) is 4.68. The van der Waals surface area contributed by atoms with Crippen molar-refractivity contribution in [3.05, 3.63) is 18.0 Å². The minimum atomic E-state index is -0.669. The summed E-state index contributed by atoms with van der Waals surface area (Å²) in [4.78, 5) is 11.3. The molecule has 0 radical (unpaired) electrons. The van der Waals surface area contributed by atoms with Gasteiger partial charge in [0, 0.05) is 19.2 Å². The van der Waals surface area contributed by atoms with Crippen molar-refractivity contribution >= 4 is 5.97 Å². The molecular formula is C12H18N2O2. The maximum atomic E-state index is 11.3. The fourth-order valence-corrected chi connectivity index (χ4v) is 2.59. The molecule has 2 unspecified atom stereocenters. The number of aryl methyl sites for hydroxylation is 1. The molecule has 16 heavy (non-hydrogen) atoms. The monoisotopic (exact) mass is 222 g/mol. The molecule has 4 nitrogen and oxygen atoms in total. The van der Waals surface area contributed by atoms with Crippen molar-refractivity contribution in [1.29, 1.82) is 0 Å². The summed E-state index contributed by atoms with van der Waals surface area (Å²) >= 11 is 0. The zero-order chi connectivity index (χ0) is 11.5. The predicted octanol–water partition coefficient (Wildman–Crippen LogP) is 2.17. The molecule has 1 N–H and O–H groups in total. The van der Waals surface area contributed by atoms with Crippen LogP contribution in [0.1, 0.15) is 43.7 Å². The highest BCUT2D eigenvalue weighted by Gasteiger charge is 2.31. The van der Waals surface area contributed by atoms with Crippen molar-refractivity contribution in [1.82, 2.24) is 9.78 Å². The van der Waals surface area contributed by atoms with Crippen molar-refractivity contribution in [2.75, 3.05) is 0 Å². The van der Waals surface area contributed by atoms with E-state index in [1.807, 2.05) is 19.3 Å². The Morgan fingerprint density at radius 3 is 2.81 bits per heavy atom. The van der Waals surface area contributed by atoms with Gasteiger partial charge in [-0.15, -0.1) is 0 Å². The van der Waals surface area contributed by atoms with Crippen LogP contribution < -0.4 is 0 Å². The molecule has 1 aliphatic carbocycles. The lowest BCUT2D eigenvalue weighted by Crippen LogP contribution is -2.21.